The lowest BCUT2D eigenvalue weighted by atomic mass is 10.1. The standard InChI is InChI=1S/C16H14ClNO4/c17-13-8-4-7-12(9-13)14(15(19)20)18-16(21)22-10-11-5-2-1-3-6-11/h1-9,14H,10H2,(H,18,21)(H,19,20)/t14-/m0/s1. The van der Waals surface area contributed by atoms with Gasteiger partial charge in [-0.25, -0.2) is 9.59 Å². The number of alkyl carbamates (subject to hydrolysis) is 1. The first-order valence-corrected chi connectivity index (χ1v) is 6.89. The summed E-state index contributed by atoms with van der Waals surface area (Å²) in [5, 5.41) is 11.9. The fourth-order valence-electron chi connectivity index (χ4n) is 1.86. The van der Waals surface area contributed by atoms with E-state index >= 15 is 0 Å². The highest BCUT2D eigenvalue weighted by atomic mass is 35.5. The van der Waals surface area contributed by atoms with Gasteiger partial charge in [0.15, 0.2) is 6.04 Å². The van der Waals surface area contributed by atoms with E-state index in [2.05, 4.69) is 5.32 Å². The van der Waals surface area contributed by atoms with Gasteiger partial charge in [-0.15, -0.1) is 0 Å². The minimum Gasteiger partial charge on any atom is -0.479 e. The van der Waals surface area contributed by atoms with E-state index in [0.29, 0.717) is 10.6 Å². The maximum absolute atomic E-state index is 11.8. The summed E-state index contributed by atoms with van der Waals surface area (Å²) in [5.74, 6) is -1.20. The van der Waals surface area contributed by atoms with E-state index in [1.54, 1.807) is 30.3 Å². The highest BCUT2D eigenvalue weighted by molar-refractivity contribution is 6.30. The smallest absolute Gasteiger partial charge is 0.408 e. The molecule has 0 radical (unpaired) electrons. The molecule has 5 nitrogen and oxygen atoms in total. The summed E-state index contributed by atoms with van der Waals surface area (Å²) in [4.78, 5) is 23.1. The van der Waals surface area contributed by atoms with Crippen molar-refractivity contribution < 1.29 is 19.4 Å². The van der Waals surface area contributed by atoms with Crippen LogP contribution in [-0.4, -0.2) is 17.2 Å². The number of halogens is 1. The molecule has 0 saturated carbocycles. The highest BCUT2D eigenvalue weighted by Gasteiger charge is 2.22. The number of carbonyl (C=O) groups excluding carboxylic acids is 1. The molecule has 0 aliphatic rings. The van der Waals surface area contributed by atoms with Crippen molar-refractivity contribution in [2.75, 3.05) is 0 Å². The predicted molar refractivity (Wildman–Crippen MR) is 81.6 cm³/mol. The Morgan fingerprint density at radius 2 is 1.86 bits per heavy atom. The molecule has 2 N–H and O–H groups in total. The SMILES string of the molecule is O=C(N[C@H](C(=O)O)c1cccc(Cl)c1)OCc1ccccc1. The van der Waals surface area contributed by atoms with E-state index in [0.717, 1.165) is 5.56 Å². The molecule has 6 heteroatoms. The van der Waals surface area contributed by atoms with Crippen molar-refractivity contribution in [2.24, 2.45) is 0 Å². The number of aliphatic carboxylic acids is 1. The Bertz CT molecular complexity index is 660. The van der Waals surface area contributed by atoms with Gasteiger partial charge in [0.2, 0.25) is 0 Å². The topological polar surface area (TPSA) is 75.6 Å². The first kappa shape index (κ1) is 15.9. The minimum atomic E-state index is -1.22. The zero-order valence-electron chi connectivity index (χ0n) is 11.5. The van der Waals surface area contributed by atoms with Gasteiger partial charge in [-0.3, -0.25) is 0 Å². The molecule has 0 aromatic heterocycles. The molecule has 0 spiro atoms. The number of nitrogens with one attached hydrogen (secondary N) is 1. The van der Waals surface area contributed by atoms with Crippen LogP contribution in [0.25, 0.3) is 0 Å². The quantitative estimate of drug-likeness (QED) is 0.885. The maximum Gasteiger partial charge on any atom is 0.408 e. The Morgan fingerprint density at radius 1 is 1.14 bits per heavy atom. The lowest BCUT2D eigenvalue weighted by Gasteiger charge is -2.15. The van der Waals surface area contributed by atoms with Crippen LogP contribution in [-0.2, 0) is 16.1 Å². The third-order valence-electron chi connectivity index (χ3n) is 2.90. The second kappa shape index (κ2) is 7.47. The molecular formula is C16H14ClNO4. The molecule has 1 atom stereocenters. The number of amides is 1. The van der Waals surface area contributed by atoms with Gasteiger partial charge in [0.1, 0.15) is 6.61 Å². The average molecular weight is 320 g/mol. The van der Waals surface area contributed by atoms with Crippen LogP contribution in [0.3, 0.4) is 0 Å². The lowest BCUT2D eigenvalue weighted by molar-refractivity contribution is -0.139. The van der Waals surface area contributed by atoms with Crippen LogP contribution in [0.15, 0.2) is 54.6 Å². The van der Waals surface area contributed by atoms with Crippen molar-refractivity contribution in [3.8, 4) is 0 Å². The largest absolute Gasteiger partial charge is 0.479 e. The molecule has 22 heavy (non-hydrogen) atoms. The second-order valence-electron chi connectivity index (χ2n) is 4.53. The molecule has 1 amide bonds. The highest BCUT2D eigenvalue weighted by Crippen LogP contribution is 2.18. The van der Waals surface area contributed by atoms with Gasteiger partial charge in [-0.2, -0.15) is 0 Å². The number of benzene rings is 2. The summed E-state index contributed by atoms with van der Waals surface area (Å²) in [6.45, 7) is 0.0640. The number of ether oxygens (including phenoxy) is 1. The Hall–Kier alpha value is -2.53. The van der Waals surface area contributed by atoms with E-state index < -0.39 is 18.1 Å². The van der Waals surface area contributed by atoms with Crippen LogP contribution in [0.2, 0.25) is 5.02 Å². The zero-order chi connectivity index (χ0) is 15.9. The summed E-state index contributed by atoms with van der Waals surface area (Å²) < 4.78 is 5.01. The summed E-state index contributed by atoms with van der Waals surface area (Å²) >= 11 is 5.83. The molecule has 2 aromatic rings. The molecule has 0 aliphatic carbocycles. The van der Waals surface area contributed by atoms with Crippen molar-refractivity contribution >= 4 is 23.7 Å². The van der Waals surface area contributed by atoms with Crippen LogP contribution in [0, 0.1) is 0 Å². The van der Waals surface area contributed by atoms with Gasteiger partial charge in [-0.05, 0) is 23.3 Å². The van der Waals surface area contributed by atoms with E-state index in [1.165, 1.54) is 6.07 Å². The van der Waals surface area contributed by atoms with E-state index in [1.807, 2.05) is 18.2 Å². The Balaban J connectivity index is 1.99. The van der Waals surface area contributed by atoms with Crippen LogP contribution in [0.4, 0.5) is 4.79 Å². The number of hydrogen-bond acceptors (Lipinski definition) is 3. The van der Waals surface area contributed by atoms with Gasteiger partial charge in [0.05, 0.1) is 0 Å². The van der Waals surface area contributed by atoms with E-state index in [4.69, 9.17) is 16.3 Å². The average Bonchev–Trinajstić information content (AvgIpc) is 2.51. The normalized spacial score (nSPS) is 11.5. The number of carboxylic acids is 1. The van der Waals surface area contributed by atoms with Crippen molar-refractivity contribution in [3.63, 3.8) is 0 Å². The third-order valence-corrected chi connectivity index (χ3v) is 3.14. The van der Waals surface area contributed by atoms with Gasteiger partial charge < -0.3 is 15.2 Å². The molecule has 2 rings (SSSR count). The molecule has 0 aliphatic heterocycles. The number of rotatable bonds is 5. The number of carboxylic acid groups (broad SMARTS) is 1. The molecule has 0 saturated heterocycles. The number of hydrogen-bond donors (Lipinski definition) is 2. The summed E-state index contributed by atoms with van der Waals surface area (Å²) in [6.07, 6.45) is -0.809. The van der Waals surface area contributed by atoms with Crippen LogP contribution < -0.4 is 5.32 Å². The molecule has 0 bridgehead atoms. The first-order valence-electron chi connectivity index (χ1n) is 6.52. The Morgan fingerprint density at radius 3 is 2.50 bits per heavy atom. The zero-order valence-corrected chi connectivity index (χ0v) is 12.3. The third kappa shape index (κ3) is 4.49. The van der Waals surface area contributed by atoms with E-state index in [-0.39, 0.29) is 6.61 Å². The number of carbonyl (C=O) groups is 2. The maximum atomic E-state index is 11.8. The van der Waals surface area contributed by atoms with Crippen molar-refractivity contribution in [1.29, 1.82) is 0 Å². The fraction of sp³-hybridized carbons (Fsp3) is 0.125. The summed E-state index contributed by atoms with van der Waals surface area (Å²) in [6, 6.07) is 14.2. The van der Waals surface area contributed by atoms with Crippen LogP contribution >= 0.6 is 11.6 Å². The molecule has 114 valence electrons. The molecular weight excluding hydrogens is 306 g/mol. The van der Waals surface area contributed by atoms with Gasteiger partial charge in [0.25, 0.3) is 0 Å². The Labute approximate surface area is 132 Å². The molecule has 0 fully saturated rings. The monoisotopic (exact) mass is 319 g/mol. The van der Waals surface area contributed by atoms with Crippen molar-refractivity contribution in [2.45, 2.75) is 12.6 Å². The summed E-state index contributed by atoms with van der Waals surface area (Å²) in [5.41, 5.74) is 1.18. The first-order chi connectivity index (χ1) is 10.6. The molecule has 0 heterocycles. The molecule has 0 unspecified atom stereocenters. The Kier molecular flexibility index (Phi) is 5.38. The second-order valence-corrected chi connectivity index (χ2v) is 4.97. The van der Waals surface area contributed by atoms with E-state index in [9.17, 15) is 14.7 Å². The van der Waals surface area contributed by atoms with Crippen molar-refractivity contribution in [1.82, 2.24) is 5.32 Å². The van der Waals surface area contributed by atoms with Gasteiger partial charge >= 0.3 is 12.1 Å². The van der Waals surface area contributed by atoms with Crippen LogP contribution in [0.5, 0.6) is 0 Å². The lowest BCUT2D eigenvalue weighted by Crippen LogP contribution is -2.34. The van der Waals surface area contributed by atoms with Crippen LogP contribution in [0.1, 0.15) is 17.2 Å². The fourth-order valence-corrected chi connectivity index (χ4v) is 2.06. The van der Waals surface area contributed by atoms with Crippen molar-refractivity contribution in [3.05, 3.63) is 70.7 Å². The van der Waals surface area contributed by atoms with Gasteiger partial charge in [-0.1, -0.05) is 54.1 Å². The minimum absolute atomic E-state index is 0.0640. The predicted octanol–water partition coefficient (Wildman–Crippen LogP) is 3.39. The van der Waals surface area contributed by atoms with Gasteiger partial charge in [0, 0.05) is 5.02 Å². The summed E-state index contributed by atoms with van der Waals surface area (Å²) in [7, 11) is 0. The molecule has 2 aromatic carbocycles.